The minimum Gasteiger partial charge on any atom is -0.469 e. The fraction of sp³-hybridized carbons (Fsp3) is 0.385. The van der Waals surface area contributed by atoms with Crippen LogP contribution in [0.2, 0.25) is 0 Å². The molecule has 0 aliphatic carbocycles. The van der Waals surface area contributed by atoms with Gasteiger partial charge in [0.2, 0.25) is 5.91 Å². The lowest BCUT2D eigenvalue weighted by Gasteiger charge is -2.16. The van der Waals surface area contributed by atoms with Crippen molar-refractivity contribution in [1.82, 2.24) is 4.90 Å². The molecule has 19 heavy (non-hydrogen) atoms. The zero-order valence-electron chi connectivity index (χ0n) is 10.8. The molecule has 1 rings (SSSR count). The predicted molar refractivity (Wildman–Crippen MR) is 64.3 cm³/mol. The van der Waals surface area contributed by atoms with Crippen molar-refractivity contribution in [1.29, 1.82) is 0 Å². The SMILES string of the molecule is COC(=O)CCN(C)C(=O)Cc1cccc(F)c1F. The van der Waals surface area contributed by atoms with E-state index in [1.165, 1.54) is 31.2 Å². The first-order valence-electron chi connectivity index (χ1n) is 5.69. The van der Waals surface area contributed by atoms with E-state index >= 15 is 0 Å². The van der Waals surface area contributed by atoms with Gasteiger partial charge >= 0.3 is 5.97 Å². The highest BCUT2D eigenvalue weighted by atomic mass is 19.2. The maximum Gasteiger partial charge on any atom is 0.307 e. The van der Waals surface area contributed by atoms with Crippen LogP contribution in [0.1, 0.15) is 12.0 Å². The molecule has 0 fully saturated rings. The molecule has 0 aliphatic rings. The van der Waals surface area contributed by atoms with Crippen LogP contribution >= 0.6 is 0 Å². The second-order valence-electron chi connectivity index (χ2n) is 4.03. The van der Waals surface area contributed by atoms with Gasteiger partial charge in [0, 0.05) is 19.2 Å². The first-order valence-corrected chi connectivity index (χ1v) is 5.69. The highest BCUT2D eigenvalue weighted by Gasteiger charge is 2.15. The molecule has 0 atom stereocenters. The molecule has 0 saturated heterocycles. The number of methoxy groups -OCH3 is 1. The van der Waals surface area contributed by atoms with Crippen LogP contribution in [-0.2, 0) is 20.7 Å². The van der Waals surface area contributed by atoms with E-state index in [4.69, 9.17) is 0 Å². The molecule has 0 aliphatic heterocycles. The van der Waals surface area contributed by atoms with Gasteiger partial charge in [-0.15, -0.1) is 0 Å². The normalized spacial score (nSPS) is 10.1. The van der Waals surface area contributed by atoms with E-state index in [2.05, 4.69) is 4.74 Å². The molecule has 0 unspecified atom stereocenters. The van der Waals surface area contributed by atoms with E-state index in [9.17, 15) is 18.4 Å². The Hall–Kier alpha value is -1.98. The third-order valence-corrected chi connectivity index (χ3v) is 2.68. The maximum atomic E-state index is 13.4. The van der Waals surface area contributed by atoms with Gasteiger partial charge in [0.05, 0.1) is 20.0 Å². The Bertz CT molecular complexity index is 477. The lowest BCUT2D eigenvalue weighted by molar-refractivity contribution is -0.141. The Labute approximate surface area is 110 Å². The number of benzene rings is 1. The standard InChI is InChI=1S/C13H15F2NO3/c1-16(7-6-12(18)19-2)11(17)8-9-4-3-5-10(14)13(9)15/h3-5H,6-8H2,1-2H3. The van der Waals surface area contributed by atoms with Crippen LogP contribution < -0.4 is 0 Å². The summed E-state index contributed by atoms with van der Waals surface area (Å²) in [7, 11) is 2.74. The third kappa shape index (κ3) is 4.31. The van der Waals surface area contributed by atoms with Crippen LogP contribution in [0.4, 0.5) is 8.78 Å². The van der Waals surface area contributed by atoms with Gasteiger partial charge in [-0.3, -0.25) is 9.59 Å². The molecule has 4 nitrogen and oxygen atoms in total. The number of hydrogen-bond donors (Lipinski definition) is 0. The smallest absolute Gasteiger partial charge is 0.307 e. The summed E-state index contributed by atoms with van der Waals surface area (Å²) < 4.78 is 30.8. The fourth-order valence-electron chi connectivity index (χ4n) is 1.47. The van der Waals surface area contributed by atoms with Crippen LogP contribution in [0.15, 0.2) is 18.2 Å². The van der Waals surface area contributed by atoms with Crippen molar-refractivity contribution in [3.63, 3.8) is 0 Å². The summed E-state index contributed by atoms with van der Waals surface area (Å²) in [6, 6.07) is 3.68. The number of carbonyl (C=O) groups excluding carboxylic acids is 2. The molecule has 0 heterocycles. The van der Waals surface area contributed by atoms with Crippen molar-refractivity contribution < 1.29 is 23.1 Å². The molecule has 0 radical (unpaired) electrons. The quantitative estimate of drug-likeness (QED) is 0.763. The van der Waals surface area contributed by atoms with Gasteiger partial charge in [0.1, 0.15) is 0 Å². The molecule has 1 aromatic carbocycles. The first-order chi connectivity index (χ1) is 8.95. The topological polar surface area (TPSA) is 46.6 Å². The Kier molecular flexibility index (Phi) is 5.41. The highest BCUT2D eigenvalue weighted by molar-refractivity contribution is 5.79. The van der Waals surface area contributed by atoms with Gasteiger partial charge in [0.25, 0.3) is 0 Å². The number of nitrogens with zero attached hydrogens (tertiary/aromatic N) is 1. The monoisotopic (exact) mass is 271 g/mol. The Balaban J connectivity index is 2.59. The van der Waals surface area contributed by atoms with Crippen molar-refractivity contribution >= 4 is 11.9 Å². The Morgan fingerprint density at radius 1 is 1.32 bits per heavy atom. The van der Waals surface area contributed by atoms with Crippen LogP contribution in [-0.4, -0.2) is 37.5 Å². The van der Waals surface area contributed by atoms with Crippen molar-refractivity contribution in [3.05, 3.63) is 35.4 Å². The highest BCUT2D eigenvalue weighted by Crippen LogP contribution is 2.12. The summed E-state index contributed by atoms with van der Waals surface area (Å²) in [5.41, 5.74) is -0.00471. The Morgan fingerprint density at radius 2 is 2.00 bits per heavy atom. The van der Waals surface area contributed by atoms with Crippen molar-refractivity contribution in [2.24, 2.45) is 0 Å². The summed E-state index contributed by atoms with van der Waals surface area (Å²) in [5.74, 6) is -2.83. The average Bonchev–Trinajstić information content (AvgIpc) is 2.40. The van der Waals surface area contributed by atoms with Gasteiger partial charge in [0.15, 0.2) is 11.6 Å². The molecule has 1 aromatic rings. The number of halogens is 2. The summed E-state index contributed by atoms with van der Waals surface area (Å²) >= 11 is 0. The van der Waals surface area contributed by atoms with Crippen LogP contribution in [0.3, 0.4) is 0 Å². The van der Waals surface area contributed by atoms with Crippen molar-refractivity contribution in [2.45, 2.75) is 12.8 Å². The molecule has 1 amide bonds. The fourth-order valence-corrected chi connectivity index (χ4v) is 1.47. The molecule has 0 spiro atoms. The van der Waals surface area contributed by atoms with E-state index < -0.39 is 23.5 Å². The van der Waals surface area contributed by atoms with Crippen LogP contribution in [0.25, 0.3) is 0 Å². The lowest BCUT2D eigenvalue weighted by Crippen LogP contribution is -2.30. The number of likely N-dealkylation sites (N-methyl/N-ethyl adjacent to an activating group) is 1. The number of rotatable bonds is 5. The molecule has 0 saturated carbocycles. The molecule has 0 bridgehead atoms. The largest absolute Gasteiger partial charge is 0.469 e. The zero-order valence-corrected chi connectivity index (χ0v) is 10.8. The number of ether oxygens (including phenoxy) is 1. The summed E-state index contributed by atoms with van der Waals surface area (Å²) in [5, 5.41) is 0. The number of esters is 1. The second-order valence-corrected chi connectivity index (χ2v) is 4.03. The van der Waals surface area contributed by atoms with E-state index in [0.717, 1.165) is 6.07 Å². The number of amides is 1. The number of carbonyl (C=O) groups is 2. The minimum absolute atomic E-state index is 0.00471. The van der Waals surface area contributed by atoms with Crippen molar-refractivity contribution in [3.8, 4) is 0 Å². The summed E-state index contributed by atoms with van der Waals surface area (Å²) in [4.78, 5) is 24.0. The molecular formula is C13H15F2NO3. The molecular weight excluding hydrogens is 256 g/mol. The zero-order chi connectivity index (χ0) is 14.4. The van der Waals surface area contributed by atoms with E-state index in [1.54, 1.807) is 0 Å². The third-order valence-electron chi connectivity index (χ3n) is 2.68. The minimum atomic E-state index is -1.02. The molecule has 0 N–H and O–H groups in total. The van der Waals surface area contributed by atoms with Crippen LogP contribution in [0, 0.1) is 11.6 Å². The van der Waals surface area contributed by atoms with Gasteiger partial charge < -0.3 is 9.64 Å². The van der Waals surface area contributed by atoms with E-state index in [0.29, 0.717) is 0 Å². The first kappa shape index (κ1) is 15.1. The lowest BCUT2D eigenvalue weighted by atomic mass is 10.1. The van der Waals surface area contributed by atoms with Crippen LogP contribution in [0.5, 0.6) is 0 Å². The van der Waals surface area contributed by atoms with Gasteiger partial charge in [-0.25, -0.2) is 8.78 Å². The number of hydrogen-bond acceptors (Lipinski definition) is 3. The average molecular weight is 271 g/mol. The van der Waals surface area contributed by atoms with E-state index in [-0.39, 0.29) is 24.9 Å². The Morgan fingerprint density at radius 3 is 2.63 bits per heavy atom. The predicted octanol–water partition coefficient (Wildman–Crippen LogP) is 1.53. The maximum absolute atomic E-state index is 13.4. The molecule has 6 heteroatoms. The second kappa shape index (κ2) is 6.82. The van der Waals surface area contributed by atoms with Crippen molar-refractivity contribution in [2.75, 3.05) is 20.7 Å². The van der Waals surface area contributed by atoms with Gasteiger partial charge in [-0.05, 0) is 6.07 Å². The summed E-state index contributed by atoms with van der Waals surface area (Å²) in [6.07, 6.45) is -0.189. The summed E-state index contributed by atoms with van der Waals surface area (Å²) in [6.45, 7) is 0.169. The van der Waals surface area contributed by atoms with Gasteiger partial charge in [-0.2, -0.15) is 0 Å². The molecule has 104 valence electrons. The van der Waals surface area contributed by atoms with Gasteiger partial charge in [-0.1, -0.05) is 12.1 Å². The van der Waals surface area contributed by atoms with E-state index in [1.807, 2.05) is 0 Å². The molecule has 0 aromatic heterocycles.